The Morgan fingerprint density at radius 3 is 2.45 bits per heavy atom. The van der Waals surface area contributed by atoms with Crippen molar-refractivity contribution in [3.63, 3.8) is 0 Å². The van der Waals surface area contributed by atoms with Crippen molar-refractivity contribution in [2.45, 2.75) is 25.7 Å². The van der Waals surface area contributed by atoms with E-state index in [1.165, 1.54) is 0 Å². The van der Waals surface area contributed by atoms with Crippen LogP contribution >= 0.6 is 11.6 Å². The van der Waals surface area contributed by atoms with E-state index in [0.717, 1.165) is 31.4 Å². The Morgan fingerprint density at radius 1 is 1.05 bits per heavy atom. The number of hydrazine groups is 1. The largest absolute Gasteiger partial charge is 0.327 e. The monoisotopic (exact) mass is 293 g/mol. The lowest BCUT2D eigenvalue weighted by Gasteiger charge is -2.15. The molecular weight excluding hydrogens is 278 g/mol. The number of nitrogens with one attached hydrogen (secondary N) is 3. The maximum absolute atomic E-state index is 11.7. The maximum Gasteiger partial charge on any atom is 0.327 e. The molecule has 0 fully saturated rings. The van der Waals surface area contributed by atoms with Crippen molar-refractivity contribution in [1.82, 2.24) is 10.9 Å². The molecule has 1 aromatic carbocycles. The predicted molar refractivity (Wildman–Crippen MR) is 77.9 cm³/mol. The van der Waals surface area contributed by atoms with Crippen molar-refractivity contribution >= 4 is 29.1 Å². The second-order valence-electron chi connectivity index (χ2n) is 4.52. The van der Waals surface area contributed by atoms with Crippen molar-refractivity contribution in [1.29, 1.82) is 0 Å². The summed E-state index contributed by atoms with van der Waals surface area (Å²) >= 11 is 5.74. The summed E-state index contributed by atoms with van der Waals surface area (Å²) in [6.07, 6.45) is 6.16. The van der Waals surface area contributed by atoms with Gasteiger partial charge in [0.05, 0.1) is 0 Å². The van der Waals surface area contributed by atoms with Crippen LogP contribution in [0.25, 0.3) is 0 Å². The van der Waals surface area contributed by atoms with Gasteiger partial charge in [0.25, 0.3) is 0 Å². The molecule has 1 aliphatic rings. The van der Waals surface area contributed by atoms with Crippen molar-refractivity contribution in [2.24, 2.45) is 0 Å². The number of hydrogen-bond donors (Lipinski definition) is 3. The van der Waals surface area contributed by atoms with Gasteiger partial charge in [0.1, 0.15) is 0 Å². The first-order valence-corrected chi connectivity index (χ1v) is 6.85. The van der Waals surface area contributed by atoms with Crippen molar-refractivity contribution in [3.05, 3.63) is 41.1 Å². The normalized spacial score (nSPS) is 14.2. The topological polar surface area (TPSA) is 70.2 Å². The van der Waals surface area contributed by atoms with Crippen molar-refractivity contribution in [2.75, 3.05) is 5.32 Å². The molecule has 2 amide bonds. The Morgan fingerprint density at radius 2 is 1.80 bits per heavy atom. The second kappa shape index (κ2) is 6.96. The first-order chi connectivity index (χ1) is 9.65. The van der Waals surface area contributed by atoms with E-state index in [2.05, 4.69) is 16.2 Å². The molecule has 0 saturated carbocycles. The average molecular weight is 294 g/mol. The maximum atomic E-state index is 11.7. The van der Waals surface area contributed by atoms with Crippen LogP contribution in [0.2, 0.25) is 5.02 Å². The summed E-state index contributed by atoms with van der Waals surface area (Å²) in [4.78, 5) is 23.3. The lowest BCUT2D eigenvalue weighted by molar-refractivity contribution is -0.136. The minimum absolute atomic E-state index is 0.520. The molecule has 0 spiro atoms. The number of amides is 2. The van der Waals surface area contributed by atoms with Gasteiger partial charge in [-0.2, -0.15) is 0 Å². The van der Waals surface area contributed by atoms with Crippen LogP contribution in [-0.4, -0.2) is 11.8 Å². The summed E-state index contributed by atoms with van der Waals surface area (Å²) in [6, 6.07) is 6.54. The SMILES string of the molecule is O=C(NNC1=CCCCC1)C(=O)Nc1ccc(Cl)cc1. The van der Waals surface area contributed by atoms with Crippen molar-refractivity contribution < 1.29 is 9.59 Å². The quantitative estimate of drug-likeness (QED) is 0.592. The summed E-state index contributed by atoms with van der Waals surface area (Å²) in [5, 5.41) is 3.06. The van der Waals surface area contributed by atoms with Crippen LogP contribution in [0, 0.1) is 0 Å². The molecule has 20 heavy (non-hydrogen) atoms. The van der Waals surface area contributed by atoms with Gasteiger partial charge < -0.3 is 10.7 Å². The predicted octanol–water partition coefficient (Wildman–Crippen LogP) is 2.36. The molecule has 3 N–H and O–H groups in total. The Labute approximate surface area is 122 Å². The molecule has 2 rings (SSSR count). The fourth-order valence-electron chi connectivity index (χ4n) is 1.87. The third-order valence-corrected chi connectivity index (χ3v) is 3.19. The molecular formula is C14H16ClN3O2. The van der Waals surface area contributed by atoms with Gasteiger partial charge in [-0.3, -0.25) is 15.0 Å². The zero-order chi connectivity index (χ0) is 14.4. The fraction of sp³-hybridized carbons (Fsp3) is 0.286. The Balaban J connectivity index is 1.81. The highest BCUT2D eigenvalue weighted by Gasteiger charge is 2.14. The van der Waals surface area contributed by atoms with Gasteiger partial charge in [-0.25, -0.2) is 0 Å². The average Bonchev–Trinajstić information content (AvgIpc) is 2.48. The van der Waals surface area contributed by atoms with Crippen LogP contribution in [0.15, 0.2) is 36.0 Å². The molecule has 0 aliphatic heterocycles. The van der Waals surface area contributed by atoms with Crippen LogP contribution in [0.3, 0.4) is 0 Å². The summed E-state index contributed by atoms with van der Waals surface area (Å²) < 4.78 is 0. The van der Waals surface area contributed by atoms with E-state index >= 15 is 0 Å². The molecule has 1 aliphatic carbocycles. The number of anilines is 1. The number of rotatable bonds is 3. The van der Waals surface area contributed by atoms with Crippen LogP contribution in [-0.2, 0) is 9.59 Å². The van der Waals surface area contributed by atoms with Crippen LogP contribution in [0.5, 0.6) is 0 Å². The van der Waals surface area contributed by atoms with Gasteiger partial charge in [-0.1, -0.05) is 17.7 Å². The lowest BCUT2D eigenvalue weighted by Crippen LogP contribution is -2.43. The Hall–Kier alpha value is -2.01. The van der Waals surface area contributed by atoms with E-state index < -0.39 is 11.8 Å². The van der Waals surface area contributed by atoms with E-state index in [1.54, 1.807) is 24.3 Å². The van der Waals surface area contributed by atoms with Gasteiger partial charge >= 0.3 is 11.8 Å². The lowest BCUT2D eigenvalue weighted by atomic mass is 10.1. The summed E-state index contributed by atoms with van der Waals surface area (Å²) in [5.41, 5.74) is 6.63. The standard InChI is InChI=1S/C14H16ClN3O2/c15-10-6-8-11(9-7-10)16-13(19)14(20)18-17-12-4-2-1-3-5-12/h4,6-9,17H,1-3,5H2,(H,16,19)(H,18,20). The molecule has 6 heteroatoms. The van der Waals surface area contributed by atoms with Gasteiger partial charge in [0.15, 0.2) is 0 Å². The van der Waals surface area contributed by atoms with Gasteiger partial charge in [0.2, 0.25) is 0 Å². The molecule has 5 nitrogen and oxygen atoms in total. The molecule has 0 radical (unpaired) electrons. The highest BCUT2D eigenvalue weighted by atomic mass is 35.5. The third-order valence-electron chi connectivity index (χ3n) is 2.94. The minimum atomic E-state index is -0.730. The van der Waals surface area contributed by atoms with E-state index in [4.69, 9.17) is 11.6 Å². The van der Waals surface area contributed by atoms with Gasteiger partial charge in [0, 0.05) is 16.4 Å². The first-order valence-electron chi connectivity index (χ1n) is 6.47. The number of carbonyl (C=O) groups is 2. The van der Waals surface area contributed by atoms with Gasteiger partial charge in [-0.05, 0) is 49.9 Å². The summed E-state index contributed by atoms with van der Waals surface area (Å²) in [7, 11) is 0. The molecule has 106 valence electrons. The van der Waals surface area contributed by atoms with Crippen LogP contribution in [0.4, 0.5) is 5.69 Å². The summed E-state index contributed by atoms with van der Waals surface area (Å²) in [6.45, 7) is 0. The van der Waals surface area contributed by atoms with E-state index in [1.807, 2.05) is 6.08 Å². The van der Waals surface area contributed by atoms with Crippen LogP contribution < -0.4 is 16.2 Å². The summed E-state index contributed by atoms with van der Waals surface area (Å²) in [5.74, 6) is -1.46. The zero-order valence-electron chi connectivity index (χ0n) is 10.9. The number of carbonyl (C=O) groups excluding carboxylic acids is 2. The smallest absolute Gasteiger partial charge is 0.318 e. The van der Waals surface area contributed by atoms with Crippen LogP contribution in [0.1, 0.15) is 25.7 Å². The number of allylic oxidation sites excluding steroid dienone is 2. The van der Waals surface area contributed by atoms with E-state index in [-0.39, 0.29) is 0 Å². The molecule has 0 atom stereocenters. The van der Waals surface area contributed by atoms with E-state index in [9.17, 15) is 9.59 Å². The highest BCUT2D eigenvalue weighted by molar-refractivity contribution is 6.39. The third kappa shape index (κ3) is 4.28. The minimum Gasteiger partial charge on any atom is -0.318 e. The highest BCUT2D eigenvalue weighted by Crippen LogP contribution is 2.14. The number of hydrogen-bond acceptors (Lipinski definition) is 3. The molecule has 0 aromatic heterocycles. The molecule has 0 unspecified atom stereocenters. The Bertz CT molecular complexity index is 526. The number of halogens is 1. The molecule has 1 aromatic rings. The van der Waals surface area contributed by atoms with Crippen molar-refractivity contribution in [3.8, 4) is 0 Å². The Kier molecular flexibility index (Phi) is 5.01. The first kappa shape index (κ1) is 14.4. The number of benzene rings is 1. The second-order valence-corrected chi connectivity index (χ2v) is 4.95. The molecule has 0 saturated heterocycles. The van der Waals surface area contributed by atoms with E-state index in [0.29, 0.717) is 10.7 Å². The zero-order valence-corrected chi connectivity index (χ0v) is 11.7. The fourth-order valence-corrected chi connectivity index (χ4v) is 1.99. The molecule has 0 bridgehead atoms. The van der Waals surface area contributed by atoms with Gasteiger partial charge in [-0.15, -0.1) is 0 Å². The molecule has 0 heterocycles.